The molecule has 1 saturated heterocycles. The summed E-state index contributed by atoms with van der Waals surface area (Å²) in [6, 6.07) is 15.5. The van der Waals surface area contributed by atoms with E-state index in [-0.39, 0.29) is 24.1 Å². The number of hydrogen-bond donors (Lipinski definition) is 3. The van der Waals surface area contributed by atoms with Gasteiger partial charge < -0.3 is 19.5 Å². The van der Waals surface area contributed by atoms with Crippen molar-refractivity contribution < 1.29 is 24.5 Å². The summed E-state index contributed by atoms with van der Waals surface area (Å²) in [7, 11) is 0. The molecular formula is C28H24ClN9O6. The topological polar surface area (TPSA) is 194 Å². The molecule has 3 aromatic heterocycles. The summed E-state index contributed by atoms with van der Waals surface area (Å²) in [6.45, 7) is 0.503. The molecule has 2 aliphatic heterocycles. The van der Waals surface area contributed by atoms with Crippen molar-refractivity contribution >= 4 is 29.9 Å². The number of benzene rings is 2. The number of aromatic amines is 1. The number of carboxylic acid groups (broad SMARTS) is 2. The Morgan fingerprint density at radius 2 is 1.89 bits per heavy atom. The molecule has 3 N–H and O–H groups in total. The number of H-pyrrole nitrogens is 1. The molecule has 0 radical (unpaired) electrons. The highest BCUT2D eigenvalue weighted by Crippen LogP contribution is 2.34. The number of hydrogen-bond acceptors (Lipinski definition) is 9. The first-order valence-corrected chi connectivity index (χ1v) is 13.7. The maximum atomic E-state index is 13.4. The van der Waals surface area contributed by atoms with E-state index in [1.54, 1.807) is 47.0 Å². The Kier molecular flexibility index (Phi) is 7.87. The summed E-state index contributed by atoms with van der Waals surface area (Å²) in [5, 5.41) is 35.9. The number of pyridine rings is 1. The molecule has 2 aromatic carbocycles. The number of fused-ring (bicyclic) bond motifs is 1. The molecule has 1 atom stereocenters. The first-order valence-electron chi connectivity index (χ1n) is 13.4. The van der Waals surface area contributed by atoms with Gasteiger partial charge in [0, 0.05) is 33.6 Å². The van der Waals surface area contributed by atoms with E-state index >= 15 is 0 Å². The number of aromatic nitrogens is 8. The molecule has 44 heavy (non-hydrogen) atoms. The van der Waals surface area contributed by atoms with Crippen molar-refractivity contribution in [3.63, 3.8) is 0 Å². The van der Waals surface area contributed by atoms with E-state index in [0.717, 1.165) is 22.4 Å². The van der Waals surface area contributed by atoms with Crippen LogP contribution in [0.3, 0.4) is 0 Å². The van der Waals surface area contributed by atoms with Gasteiger partial charge >= 0.3 is 6.09 Å². The molecule has 2 aliphatic rings. The van der Waals surface area contributed by atoms with E-state index in [1.165, 1.54) is 15.9 Å². The van der Waals surface area contributed by atoms with Gasteiger partial charge in [0.25, 0.3) is 12.0 Å². The minimum atomic E-state index is -1.03. The zero-order chi connectivity index (χ0) is 30.8. The second-order valence-electron chi connectivity index (χ2n) is 9.95. The number of tetrazole rings is 1. The molecule has 1 amide bonds. The van der Waals surface area contributed by atoms with Gasteiger partial charge in [0.2, 0.25) is 0 Å². The largest absolute Gasteiger partial charge is 0.483 e. The summed E-state index contributed by atoms with van der Waals surface area (Å²) < 4.78 is 8.42. The quantitative estimate of drug-likeness (QED) is 0.237. The highest BCUT2D eigenvalue weighted by atomic mass is 35.5. The minimum absolute atomic E-state index is 0.168. The van der Waals surface area contributed by atoms with Crippen molar-refractivity contribution in [3.8, 4) is 28.2 Å². The zero-order valence-corrected chi connectivity index (χ0v) is 23.6. The van der Waals surface area contributed by atoms with E-state index in [4.69, 9.17) is 31.2 Å². The minimum Gasteiger partial charge on any atom is -0.483 e. The Bertz CT molecular complexity index is 1870. The Hall–Kier alpha value is -5.41. The molecule has 224 valence electrons. The Morgan fingerprint density at radius 3 is 2.55 bits per heavy atom. The van der Waals surface area contributed by atoms with Crippen molar-refractivity contribution in [1.82, 2.24) is 40.0 Å². The van der Waals surface area contributed by atoms with Crippen molar-refractivity contribution in [2.24, 2.45) is 0 Å². The number of halogens is 1. The number of carbonyl (C=O) groups is 2. The van der Waals surface area contributed by atoms with Gasteiger partial charge in [0.15, 0.2) is 5.82 Å². The number of aryl methyl sites for hydroxylation is 1. The normalized spacial score (nSPS) is 15.5. The second kappa shape index (κ2) is 12.1. The summed E-state index contributed by atoms with van der Waals surface area (Å²) >= 11 is 6.31. The van der Waals surface area contributed by atoms with E-state index < -0.39 is 6.09 Å². The second-order valence-corrected chi connectivity index (χ2v) is 10.4. The molecule has 15 nitrogen and oxygen atoms in total. The van der Waals surface area contributed by atoms with Gasteiger partial charge in [-0.25, -0.2) is 9.78 Å². The molecule has 0 bridgehead atoms. The highest BCUT2D eigenvalue weighted by molar-refractivity contribution is 6.31. The van der Waals surface area contributed by atoms with Crippen LogP contribution < -0.4 is 10.5 Å². The van der Waals surface area contributed by atoms with Crippen molar-refractivity contribution in [1.29, 1.82) is 0 Å². The van der Waals surface area contributed by atoms with Crippen molar-refractivity contribution in [2.45, 2.75) is 24.9 Å². The van der Waals surface area contributed by atoms with Gasteiger partial charge in [-0.3, -0.25) is 19.6 Å². The predicted molar refractivity (Wildman–Crippen MR) is 156 cm³/mol. The van der Waals surface area contributed by atoms with Crippen LogP contribution in [0.25, 0.3) is 28.2 Å². The average molecular weight is 618 g/mol. The lowest BCUT2D eigenvalue weighted by molar-refractivity contribution is -0.122. The fourth-order valence-corrected chi connectivity index (χ4v) is 5.57. The van der Waals surface area contributed by atoms with Gasteiger partial charge in [-0.2, -0.15) is 9.78 Å². The van der Waals surface area contributed by atoms with Crippen LogP contribution in [0.2, 0.25) is 5.02 Å². The third kappa shape index (κ3) is 5.41. The third-order valence-corrected chi connectivity index (χ3v) is 7.65. The lowest BCUT2D eigenvalue weighted by Gasteiger charge is -2.35. The Labute approximate surface area is 253 Å². The fraction of sp³-hybridized carbons (Fsp3) is 0.214. The van der Waals surface area contributed by atoms with Gasteiger partial charge in [-0.1, -0.05) is 11.6 Å². The molecule has 0 unspecified atom stereocenters. The number of amides is 1. The molecule has 16 heteroatoms. The lowest BCUT2D eigenvalue weighted by atomic mass is 10.0. The average Bonchev–Trinajstić information content (AvgIpc) is 3.76. The van der Waals surface area contributed by atoms with E-state index in [2.05, 4.69) is 25.7 Å². The van der Waals surface area contributed by atoms with Crippen LogP contribution in [-0.2, 0) is 16.0 Å². The number of anilines is 1. The van der Waals surface area contributed by atoms with Gasteiger partial charge in [0.1, 0.15) is 12.2 Å². The van der Waals surface area contributed by atoms with E-state index in [0.29, 0.717) is 54.1 Å². The highest BCUT2D eigenvalue weighted by Gasteiger charge is 2.31. The van der Waals surface area contributed by atoms with E-state index in [1.807, 2.05) is 12.1 Å². The molecule has 0 spiro atoms. The summed E-state index contributed by atoms with van der Waals surface area (Å²) in [5.74, 6) is 1.04. The summed E-state index contributed by atoms with van der Waals surface area (Å²) in [5.41, 5.74) is 4.15. The third-order valence-electron chi connectivity index (χ3n) is 7.41. The Balaban J connectivity index is 0.00000110. The number of ether oxygens (including phenoxy) is 1. The SMILES string of the molecule is O=C(O)N(c1ccc(-c2n[nH]c([C@@H]3CCc4cc(-c5cc(Cl)ccc5-n5cnnn5)cc(=O)n43)n2)cc1)C1COC1.O=CO. The van der Waals surface area contributed by atoms with Gasteiger partial charge in [-0.15, -0.1) is 5.10 Å². The van der Waals surface area contributed by atoms with Crippen LogP contribution >= 0.6 is 11.6 Å². The first kappa shape index (κ1) is 28.7. The Morgan fingerprint density at radius 1 is 1.11 bits per heavy atom. The van der Waals surface area contributed by atoms with Crippen LogP contribution in [0, 0.1) is 0 Å². The van der Waals surface area contributed by atoms with Crippen LogP contribution in [0.5, 0.6) is 0 Å². The number of nitrogens with one attached hydrogen (secondary N) is 1. The molecule has 0 saturated carbocycles. The maximum absolute atomic E-state index is 13.4. The maximum Gasteiger partial charge on any atom is 0.412 e. The zero-order valence-electron chi connectivity index (χ0n) is 22.8. The van der Waals surface area contributed by atoms with E-state index in [9.17, 15) is 14.7 Å². The van der Waals surface area contributed by atoms with Gasteiger partial charge in [-0.05, 0) is 77.4 Å². The standard InChI is InChI=1S/C27H22ClN9O4.CH2O2/c28-17-3-7-22(35-14-29-33-34-35)21(11-17)16-9-19-6-8-23(37(19)24(38)10-16)26-30-25(31-32-26)15-1-4-18(5-2-15)36(27(39)40)20-12-41-13-20;2-1-3/h1-5,7,9-11,14,20,23H,6,8,12-13H2,(H,39,40)(H,30,31,32);1H,(H,2,3)/t23-;/m0./s1. The van der Waals surface area contributed by atoms with Crippen molar-refractivity contribution in [2.75, 3.05) is 18.1 Å². The molecule has 5 heterocycles. The van der Waals surface area contributed by atoms with Crippen LogP contribution in [0.4, 0.5) is 10.5 Å². The number of rotatable bonds is 6. The molecule has 1 fully saturated rings. The fourth-order valence-electron chi connectivity index (χ4n) is 5.39. The predicted octanol–water partition coefficient (Wildman–Crippen LogP) is 3.05. The van der Waals surface area contributed by atoms with Crippen LogP contribution in [0.15, 0.2) is 65.7 Å². The smallest absolute Gasteiger partial charge is 0.412 e. The van der Waals surface area contributed by atoms with Gasteiger partial charge in [0.05, 0.1) is 31.0 Å². The molecular weight excluding hydrogens is 594 g/mol. The summed E-state index contributed by atoms with van der Waals surface area (Å²) in [6.07, 6.45) is 1.82. The summed E-state index contributed by atoms with van der Waals surface area (Å²) in [4.78, 5) is 39.6. The molecule has 7 rings (SSSR count). The number of nitrogens with zero attached hydrogens (tertiary/aromatic N) is 8. The first-order chi connectivity index (χ1) is 21.4. The lowest BCUT2D eigenvalue weighted by Crippen LogP contribution is -2.51. The van der Waals surface area contributed by atoms with Crippen LogP contribution in [-0.4, -0.2) is 82.0 Å². The van der Waals surface area contributed by atoms with Crippen LogP contribution in [0.1, 0.15) is 24.0 Å². The molecule has 0 aliphatic carbocycles. The monoisotopic (exact) mass is 617 g/mol. The van der Waals surface area contributed by atoms with Crippen molar-refractivity contribution in [3.05, 3.63) is 87.8 Å². The molecule has 5 aromatic rings.